The van der Waals surface area contributed by atoms with Gasteiger partial charge >= 0.3 is 0 Å². The first-order chi connectivity index (χ1) is 6.33. The average Bonchev–Trinajstić information content (AvgIpc) is 2.62. The van der Waals surface area contributed by atoms with Crippen LogP contribution in [0.4, 0.5) is 0 Å². The smallest absolute Gasteiger partial charge is 0.101 e. The maximum absolute atomic E-state index is 6.51. The van der Waals surface area contributed by atoms with Gasteiger partial charge in [0.25, 0.3) is 0 Å². The molecule has 1 aromatic carbocycles. The molecule has 1 saturated carbocycles. The van der Waals surface area contributed by atoms with Crippen LogP contribution in [-0.2, 0) is 9.61 Å². The summed E-state index contributed by atoms with van der Waals surface area (Å²) in [5, 5.41) is 0. The summed E-state index contributed by atoms with van der Waals surface area (Å²) in [4.78, 5) is -0.195. The zero-order valence-electron chi connectivity index (χ0n) is 7.24. The second-order valence-corrected chi connectivity index (χ2v) is 4.45. The number of rotatable bonds is 1. The molecule has 13 heavy (non-hydrogen) atoms. The van der Waals surface area contributed by atoms with Gasteiger partial charge in [-0.3, -0.25) is 0 Å². The topological polar surface area (TPSA) is 9.23 Å². The van der Waals surface area contributed by atoms with Gasteiger partial charge < -0.3 is 4.74 Å². The molecule has 1 aromatic rings. The van der Waals surface area contributed by atoms with E-state index in [0.29, 0.717) is 5.92 Å². The molecule has 2 fully saturated rings. The molecule has 0 radical (unpaired) electrons. The van der Waals surface area contributed by atoms with Crippen LogP contribution >= 0.6 is 11.6 Å². The molecule has 0 spiro atoms. The van der Waals surface area contributed by atoms with E-state index in [1.54, 1.807) is 0 Å². The largest absolute Gasteiger partial charge is 0.376 e. The molecule has 68 valence electrons. The van der Waals surface area contributed by atoms with Crippen molar-refractivity contribution in [1.82, 2.24) is 0 Å². The molecule has 0 amide bonds. The molecule has 0 N–H and O–H groups in total. The van der Waals surface area contributed by atoms with Crippen molar-refractivity contribution in [3.8, 4) is 0 Å². The van der Waals surface area contributed by atoms with Crippen molar-refractivity contribution in [1.29, 1.82) is 0 Å². The molecule has 1 heterocycles. The Balaban J connectivity index is 1.95. The monoisotopic (exact) mass is 194 g/mol. The highest BCUT2D eigenvalue weighted by molar-refractivity contribution is 6.27. The molecular formula is C11H11ClO. The predicted octanol–water partition coefficient (Wildman–Crippen LogP) is 2.54. The van der Waals surface area contributed by atoms with Crippen LogP contribution in [-0.4, -0.2) is 12.7 Å². The maximum Gasteiger partial charge on any atom is 0.101 e. The van der Waals surface area contributed by atoms with Crippen molar-refractivity contribution in [2.75, 3.05) is 6.61 Å². The zero-order valence-corrected chi connectivity index (χ0v) is 8.00. The highest BCUT2D eigenvalue weighted by Gasteiger charge is 2.68. The predicted molar refractivity (Wildman–Crippen MR) is 51.8 cm³/mol. The van der Waals surface area contributed by atoms with Gasteiger partial charge in [0.05, 0.1) is 6.10 Å². The lowest BCUT2D eigenvalue weighted by atomic mass is 10.1. The average molecular weight is 195 g/mol. The number of fused-ring (bicyclic) bond motifs is 1. The molecule has 1 saturated heterocycles. The van der Waals surface area contributed by atoms with Crippen LogP contribution in [0.2, 0.25) is 0 Å². The van der Waals surface area contributed by atoms with E-state index in [1.807, 2.05) is 18.2 Å². The first-order valence-corrected chi connectivity index (χ1v) is 5.07. The van der Waals surface area contributed by atoms with Crippen molar-refractivity contribution in [2.24, 2.45) is 5.92 Å². The summed E-state index contributed by atoms with van der Waals surface area (Å²) in [5.41, 5.74) is 1.21. The lowest BCUT2D eigenvalue weighted by Crippen LogP contribution is -2.10. The minimum absolute atomic E-state index is 0.195. The van der Waals surface area contributed by atoms with Crippen LogP contribution in [0.1, 0.15) is 12.0 Å². The van der Waals surface area contributed by atoms with Gasteiger partial charge in [-0.15, -0.1) is 11.6 Å². The molecule has 2 heteroatoms. The minimum Gasteiger partial charge on any atom is -0.376 e. The van der Waals surface area contributed by atoms with Crippen molar-refractivity contribution >= 4 is 11.6 Å². The second-order valence-electron chi connectivity index (χ2n) is 3.82. The van der Waals surface area contributed by atoms with Crippen LogP contribution in [0.3, 0.4) is 0 Å². The van der Waals surface area contributed by atoms with Gasteiger partial charge in [0.2, 0.25) is 0 Å². The SMILES string of the molecule is ClC1(c2ccccc2)C2CCOC21. The van der Waals surface area contributed by atoms with E-state index in [0.717, 1.165) is 13.0 Å². The van der Waals surface area contributed by atoms with E-state index < -0.39 is 0 Å². The fourth-order valence-corrected chi connectivity index (χ4v) is 2.89. The molecule has 1 aliphatic heterocycles. The lowest BCUT2D eigenvalue weighted by Gasteiger charge is -2.12. The van der Waals surface area contributed by atoms with Gasteiger partial charge in [-0.2, -0.15) is 0 Å². The Hall–Kier alpha value is -0.530. The molecule has 3 unspecified atom stereocenters. The van der Waals surface area contributed by atoms with Gasteiger partial charge in [0, 0.05) is 12.5 Å². The fourth-order valence-electron chi connectivity index (χ4n) is 2.38. The zero-order chi connectivity index (χ0) is 8.89. The van der Waals surface area contributed by atoms with E-state index in [-0.39, 0.29) is 11.0 Å². The van der Waals surface area contributed by atoms with Crippen LogP contribution in [0, 0.1) is 5.92 Å². The standard InChI is InChI=1S/C11H11ClO/c12-11(8-4-2-1-3-5-8)9-6-7-13-10(9)11/h1-5,9-10H,6-7H2. The third-order valence-electron chi connectivity index (χ3n) is 3.15. The van der Waals surface area contributed by atoms with E-state index in [9.17, 15) is 0 Å². The van der Waals surface area contributed by atoms with Crippen molar-refractivity contribution in [3.05, 3.63) is 35.9 Å². The van der Waals surface area contributed by atoms with Gasteiger partial charge in [-0.1, -0.05) is 30.3 Å². The van der Waals surface area contributed by atoms with Gasteiger partial charge in [-0.25, -0.2) is 0 Å². The third kappa shape index (κ3) is 0.918. The Morgan fingerprint density at radius 2 is 2.08 bits per heavy atom. The lowest BCUT2D eigenvalue weighted by molar-refractivity contribution is 0.143. The van der Waals surface area contributed by atoms with E-state index in [1.165, 1.54) is 5.56 Å². The number of hydrogen-bond donors (Lipinski definition) is 0. The summed E-state index contributed by atoms with van der Waals surface area (Å²) in [6, 6.07) is 10.3. The first-order valence-electron chi connectivity index (χ1n) is 4.69. The van der Waals surface area contributed by atoms with E-state index in [2.05, 4.69) is 12.1 Å². The van der Waals surface area contributed by atoms with Crippen molar-refractivity contribution in [3.63, 3.8) is 0 Å². The summed E-state index contributed by atoms with van der Waals surface area (Å²) < 4.78 is 5.56. The highest BCUT2D eigenvalue weighted by atomic mass is 35.5. The Morgan fingerprint density at radius 3 is 2.69 bits per heavy atom. The fraction of sp³-hybridized carbons (Fsp3) is 0.455. The Morgan fingerprint density at radius 1 is 1.31 bits per heavy atom. The van der Waals surface area contributed by atoms with Gasteiger partial charge in [0.15, 0.2) is 0 Å². The summed E-state index contributed by atoms with van der Waals surface area (Å²) in [6.45, 7) is 0.886. The van der Waals surface area contributed by atoms with E-state index >= 15 is 0 Å². The molecular weight excluding hydrogens is 184 g/mol. The number of benzene rings is 1. The van der Waals surface area contributed by atoms with Gasteiger partial charge in [0.1, 0.15) is 4.87 Å². The van der Waals surface area contributed by atoms with Crippen LogP contribution < -0.4 is 0 Å². The van der Waals surface area contributed by atoms with Crippen LogP contribution in [0.25, 0.3) is 0 Å². The van der Waals surface area contributed by atoms with Crippen LogP contribution in [0.15, 0.2) is 30.3 Å². The molecule has 0 bridgehead atoms. The van der Waals surface area contributed by atoms with Gasteiger partial charge in [-0.05, 0) is 12.0 Å². The maximum atomic E-state index is 6.51. The first kappa shape index (κ1) is 7.84. The molecule has 2 aliphatic rings. The number of halogens is 1. The highest BCUT2D eigenvalue weighted by Crippen LogP contribution is 2.63. The summed E-state index contributed by atoms with van der Waals surface area (Å²) in [5.74, 6) is 0.552. The molecule has 0 aromatic heterocycles. The number of hydrogen-bond acceptors (Lipinski definition) is 1. The number of ether oxygens (including phenoxy) is 1. The third-order valence-corrected chi connectivity index (χ3v) is 3.87. The Labute approximate surface area is 82.7 Å². The molecule has 1 nitrogen and oxygen atoms in total. The molecule has 3 rings (SSSR count). The van der Waals surface area contributed by atoms with Crippen molar-refractivity contribution in [2.45, 2.75) is 17.4 Å². The normalized spacial score (nSPS) is 41.6. The van der Waals surface area contributed by atoms with Crippen LogP contribution in [0.5, 0.6) is 0 Å². The summed E-state index contributed by atoms with van der Waals surface area (Å²) in [7, 11) is 0. The summed E-state index contributed by atoms with van der Waals surface area (Å²) in [6.07, 6.45) is 1.39. The number of alkyl halides is 1. The Kier molecular flexibility index (Phi) is 1.50. The second kappa shape index (κ2) is 2.49. The quantitative estimate of drug-likeness (QED) is 0.625. The summed E-state index contributed by atoms with van der Waals surface area (Å²) >= 11 is 6.51. The molecule has 3 atom stereocenters. The minimum atomic E-state index is -0.195. The van der Waals surface area contributed by atoms with E-state index in [4.69, 9.17) is 16.3 Å². The molecule has 1 aliphatic carbocycles. The Bertz CT molecular complexity index is 312. The van der Waals surface area contributed by atoms with Crippen molar-refractivity contribution < 1.29 is 4.74 Å².